The lowest BCUT2D eigenvalue weighted by Crippen LogP contribution is -2.38. The summed E-state index contributed by atoms with van der Waals surface area (Å²) < 4.78 is 20.4. The van der Waals surface area contributed by atoms with Crippen molar-refractivity contribution >= 4 is 10.9 Å². The number of pyridine rings is 1. The van der Waals surface area contributed by atoms with Crippen LogP contribution in [0.15, 0.2) is 48.5 Å². The van der Waals surface area contributed by atoms with Gasteiger partial charge in [-0.2, -0.15) is 5.26 Å². The molecule has 28 heavy (non-hydrogen) atoms. The molecule has 3 aromatic rings. The molecule has 4 rings (SSSR count). The minimum atomic E-state index is -0.322. The van der Waals surface area contributed by atoms with Gasteiger partial charge in [0.1, 0.15) is 23.2 Å². The van der Waals surface area contributed by atoms with Gasteiger partial charge in [-0.3, -0.25) is 4.90 Å². The number of ether oxygens (including phenoxy) is 1. The fourth-order valence-electron chi connectivity index (χ4n) is 3.77. The number of aromatic nitrogens is 1. The van der Waals surface area contributed by atoms with Crippen LogP contribution >= 0.6 is 0 Å². The number of piperidine rings is 1. The number of para-hydroxylation sites is 1. The van der Waals surface area contributed by atoms with Gasteiger partial charge in [0.15, 0.2) is 0 Å². The van der Waals surface area contributed by atoms with Gasteiger partial charge in [0.05, 0.1) is 11.6 Å². The van der Waals surface area contributed by atoms with Crippen molar-refractivity contribution in [1.29, 1.82) is 5.26 Å². The van der Waals surface area contributed by atoms with E-state index in [0.717, 1.165) is 54.7 Å². The van der Waals surface area contributed by atoms with Gasteiger partial charge in [-0.25, -0.2) is 9.37 Å². The molecule has 0 unspecified atom stereocenters. The Bertz CT molecular complexity index is 1040. The number of benzene rings is 2. The molecule has 1 saturated heterocycles. The van der Waals surface area contributed by atoms with E-state index < -0.39 is 0 Å². The Balaban J connectivity index is 1.43. The van der Waals surface area contributed by atoms with E-state index in [0.29, 0.717) is 11.3 Å². The second-order valence-corrected chi connectivity index (χ2v) is 7.26. The maximum Gasteiger partial charge on any atom is 0.149 e. The zero-order chi connectivity index (χ0) is 19.5. The average Bonchev–Trinajstić information content (AvgIpc) is 2.71. The molecular formula is C23H22FN3O. The first-order valence-corrected chi connectivity index (χ1v) is 9.57. The van der Waals surface area contributed by atoms with Crippen molar-refractivity contribution in [1.82, 2.24) is 9.88 Å². The number of rotatable bonds is 4. The molecule has 1 aromatic heterocycles. The summed E-state index contributed by atoms with van der Waals surface area (Å²) in [7, 11) is 0. The first kappa shape index (κ1) is 18.4. The highest BCUT2D eigenvalue weighted by atomic mass is 19.1. The van der Waals surface area contributed by atoms with E-state index in [4.69, 9.17) is 4.74 Å². The normalized spacial score (nSPS) is 15.5. The summed E-state index contributed by atoms with van der Waals surface area (Å²) >= 11 is 0. The van der Waals surface area contributed by atoms with E-state index in [9.17, 15) is 9.65 Å². The van der Waals surface area contributed by atoms with Crippen LogP contribution < -0.4 is 4.74 Å². The molecule has 2 heterocycles. The van der Waals surface area contributed by atoms with Crippen LogP contribution in [0.1, 0.15) is 29.7 Å². The Hall–Kier alpha value is -2.97. The number of fused-ring (bicyclic) bond motifs is 1. The molecule has 0 bridgehead atoms. The topological polar surface area (TPSA) is 49.1 Å². The monoisotopic (exact) mass is 375 g/mol. The van der Waals surface area contributed by atoms with E-state index in [2.05, 4.69) is 16.0 Å². The SMILES string of the molecule is Cc1cc(OC2CCN(Cc3ccccc3C#N)CC2)c2cccc(F)c2n1. The van der Waals surface area contributed by atoms with Gasteiger partial charge >= 0.3 is 0 Å². The first-order chi connectivity index (χ1) is 13.6. The number of nitriles is 1. The molecule has 142 valence electrons. The second-order valence-electron chi connectivity index (χ2n) is 7.26. The Morgan fingerprint density at radius 2 is 1.96 bits per heavy atom. The zero-order valence-corrected chi connectivity index (χ0v) is 15.9. The van der Waals surface area contributed by atoms with Gasteiger partial charge in [0.25, 0.3) is 0 Å². The molecule has 1 aliphatic rings. The Kier molecular flexibility index (Phi) is 5.23. The van der Waals surface area contributed by atoms with Gasteiger partial charge in [-0.15, -0.1) is 0 Å². The van der Waals surface area contributed by atoms with Crippen molar-refractivity contribution in [3.63, 3.8) is 0 Å². The maximum absolute atomic E-state index is 14.1. The van der Waals surface area contributed by atoms with Gasteiger partial charge in [-0.05, 0) is 43.5 Å². The van der Waals surface area contributed by atoms with Crippen LogP contribution in [0, 0.1) is 24.1 Å². The number of halogens is 1. The van der Waals surface area contributed by atoms with Crippen molar-refractivity contribution < 1.29 is 9.13 Å². The molecule has 0 atom stereocenters. The van der Waals surface area contributed by atoms with E-state index in [1.165, 1.54) is 6.07 Å². The van der Waals surface area contributed by atoms with Crippen molar-refractivity contribution in [2.45, 2.75) is 32.4 Å². The molecule has 0 radical (unpaired) electrons. The summed E-state index contributed by atoms with van der Waals surface area (Å²) in [5.41, 5.74) is 2.92. The number of aryl methyl sites for hydroxylation is 1. The molecule has 0 aliphatic carbocycles. The predicted molar refractivity (Wildman–Crippen MR) is 107 cm³/mol. The Labute approximate surface area is 164 Å². The lowest BCUT2D eigenvalue weighted by atomic mass is 10.0. The molecule has 1 aliphatic heterocycles. The van der Waals surface area contributed by atoms with Crippen molar-refractivity contribution in [2.24, 2.45) is 0 Å². The van der Waals surface area contributed by atoms with E-state index in [-0.39, 0.29) is 11.9 Å². The summed E-state index contributed by atoms with van der Waals surface area (Å²) in [5, 5.41) is 9.98. The number of nitrogens with zero attached hydrogens (tertiary/aromatic N) is 3. The van der Waals surface area contributed by atoms with Crippen molar-refractivity contribution in [3.8, 4) is 11.8 Å². The minimum absolute atomic E-state index is 0.0933. The third-order valence-electron chi connectivity index (χ3n) is 5.24. The fraction of sp³-hybridized carbons (Fsp3) is 0.304. The van der Waals surface area contributed by atoms with Crippen LogP contribution in [0.4, 0.5) is 4.39 Å². The minimum Gasteiger partial charge on any atom is -0.490 e. The summed E-state index contributed by atoms with van der Waals surface area (Å²) in [6.07, 6.45) is 1.88. The molecule has 5 heteroatoms. The molecular weight excluding hydrogens is 353 g/mol. The zero-order valence-electron chi connectivity index (χ0n) is 15.9. The smallest absolute Gasteiger partial charge is 0.149 e. The molecule has 1 fully saturated rings. The number of hydrogen-bond acceptors (Lipinski definition) is 4. The van der Waals surface area contributed by atoms with Crippen LogP contribution in [0.25, 0.3) is 10.9 Å². The quantitative estimate of drug-likeness (QED) is 0.669. The number of hydrogen-bond donors (Lipinski definition) is 0. The van der Waals surface area contributed by atoms with Crippen LogP contribution in [0.3, 0.4) is 0 Å². The lowest BCUT2D eigenvalue weighted by Gasteiger charge is -2.32. The molecule has 0 N–H and O–H groups in total. The van der Waals surface area contributed by atoms with Crippen molar-refractivity contribution in [3.05, 3.63) is 71.2 Å². The lowest BCUT2D eigenvalue weighted by molar-refractivity contribution is 0.0978. The largest absolute Gasteiger partial charge is 0.490 e. The van der Waals surface area contributed by atoms with Gasteiger partial charge in [-0.1, -0.05) is 24.3 Å². The van der Waals surface area contributed by atoms with Gasteiger partial charge < -0.3 is 4.74 Å². The van der Waals surface area contributed by atoms with Crippen LogP contribution in [0.5, 0.6) is 5.75 Å². The fourth-order valence-corrected chi connectivity index (χ4v) is 3.77. The predicted octanol–water partition coefficient (Wildman–Crippen LogP) is 4.60. The highest BCUT2D eigenvalue weighted by Gasteiger charge is 2.22. The van der Waals surface area contributed by atoms with E-state index in [1.807, 2.05) is 43.3 Å². The highest BCUT2D eigenvalue weighted by molar-refractivity contribution is 5.85. The summed E-state index contributed by atoms with van der Waals surface area (Å²) in [6.45, 7) is 4.44. The third kappa shape index (κ3) is 3.83. The first-order valence-electron chi connectivity index (χ1n) is 9.57. The van der Waals surface area contributed by atoms with Crippen molar-refractivity contribution in [2.75, 3.05) is 13.1 Å². The van der Waals surface area contributed by atoms with Crippen LogP contribution in [-0.2, 0) is 6.54 Å². The highest BCUT2D eigenvalue weighted by Crippen LogP contribution is 2.29. The summed E-state index contributed by atoms with van der Waals surface area (Å²) in [4.78, 5) is 6.67. The van der Waals surface area contributed by atoms with Gasteiger partial charge in [0.2, 0.25) is 0 Å². The van der Waals surface area contributed by atoms with Gasteiger partial charge in [0, 0.05) is 36.8 Å². The third-order valence-corrected chi connectivity index (χ3v) is 5.24. The Morgan fingerprint density at radius 1 is 1.18 bits per heavy atom. The Morgan fingerprint density at radius 3 is 2.75 bits per heavy atom. The molecule has 0 amide bonds. The number of likely N-dealkylation sites (tertiary alicyclic amines) is 1. The molecule has 2 aromatic carbocycles. The maximum atomic E-state index is 14.1. The molecule has 0 saturated carbocycles. The van der Waals surface area contributed by atoms with E-state index in [1.54, 1.807) is 6.07 Å². The summed E-state index contributed by atoms with van der Waals surface area (Å²) in [6, 6.07) is 16.9. The molecule has 4 nitrogen and oxygen atoms in total. The summed E-state index contributed by atoms with van der Waals surface area (Å²) in [5.74, 6) is 0.382. The van der Waals surface area contributed by atoms with Crippen LogP contribution in [-0.4, -0.2) is 29.1 Å². The standard InChI is InChI=1S/C23H22FN3O/c1-16-13-22(20-7-4-8-21(24)23(20)26-16)28-19-9-11-27(12-10-19)15-18-6-3-2-5-17(18)14-25/h2-8,13,19H,9-12,15H2,1H3. The molecule has 0 spiro atoms. The van der Waals surface area contributed by atoms with E-state index >= 15 is 0 Å². The van der Waals surface area contributed by atoms with Crippen LogP contribution in [0.2, 0.25) is 0 Å². The average molecular weight is 375 g/mol. The second kappa shape index (κ2) is 7.95.